The summed E-state index contributed by atoms with van der Waals surface area (Å²) in [6.07, 6.45) is 0. The van der Waals surface area contributed by atoms with E-state index in [2.05, 4.69) is 20.9 Å². The molecule has 3 nitrogen and oxygen atoms in total. The molecule has 0 saturated carbocycles. The number of hydrogen-bond donors (Lipinski definition) is 0. The fraction of sp³-hybridized carbons (Fsp3) is 0.200. The van der Waals surface area contributed by atoms with Crippen molar-refractivity contribution in [1.82, 2.24) is 4.98 Å². The number of hydrogen-bond acceptors (Lipinski definition) is 3. The van der Waals surface area contributed by atoms with Crippen LogP contribution in [0.4, 0.5) is 0 Å². The normalized spacial score (nSPS) is 10.8. The molecule has 0 aliphatic rings. The summed E-state index contributed by atoms with van der Waals surface area (Å²) in [5, 5.41) is 0. The monoisotopic (exact) mass is 253 g/mol. The molecule has 0 spiro atoms. The number of nitrogens with zero attached hydrogens (tertiary/aromatic N) is 1. The highest BCUT2D eigenvalue weighted by Crippen LogP contribution is 2.26. The lowest BCUT2D eigenvalue weighted by molar-refractivity contribution is 0.101. The van der Waals surface area contributed by atoms with Gasteiger partial charge in [0.15, 0.2) is 17.3 Å². The highest BCUT2D eigenvalue weighted by molar-refractivity contribution is 9.10. The van der Waals surface area contributed by atoms with Crippen molar-refractivity contribution in [3.8, 4) is 0 Å². The molecule has 0 atom stereocenters. The van der Waals surface area contributed by atoms with Crippen molar-refractivity contribution in [1.29, 1.82) is 0 Å². The van der Waals surface area contributed by atoms with Gasteiger partial charge in [-0.3, -0.25) is 4.79 Å². The number of oxazole rings is 1. The molecular formula is C10H8BrNO2. The van der Waals surface area contributed by atoms with Gasteiger partial charge < -0.3 is 4.42 Å². The molecule has 4 heteroatoms. The number of carbonyl (C=O) groups is 1. The van der Waals surface area contributed by atoms with Crippen LogP contribution in [0.2, 0.25) is 0 Å². The molecule has 1 heterocycles. The van der Waals surface area contributed by atoms with Crippen LogP contribution in [0.1, 0.15) is 23.2 Å². The number of aromatic nitrogens is 1. The number of ketones is 1. The molecule has 72 valence electrons. The lowest BCUT2D eigenvalue weighted by atomic mass is 10.1. The Balaban J connectivity index is 2.77. The zero-order valence-electron chi connectivity index (χ0n) is 7.80. The van der Waals surface area contributed by atoms with E-state index in [0.29, 0.717) is 22.6 Å². The van der Waals surface area contributed by atoms with E-state index in [1.165, 1.54) is 6.92 Å². The number of benzene rings is 1. The Morgan fingerprint density at radius 3 is 2.86 bits per heavy atom. The molecule has 0 saturated heterocycles. The standard InChI is InChI=1S/C10H8BrNO2/c1-5(13)7-3-8(11)10-9(4-7)12-6(2)14-10/h3-4H,1-2H3. The second-order valence-electron chi connectivity index (χ2n) is 3.10. The number of fused-ring (bicyclic) bond motifs is 1. The first-order valence-electron chi connectivity index (χ1n) is 4.15. The van der Waals surface area contributed by atoms with Crippen LogP contribution in [0.25, 0.3) is 11.1 Å². The first-order chi connectivity index (χ1) is 6.58. The maximum absolute atomic E-state index is 11.2. The van der Waals surface area contributed by atoms with Crippen molar-refractivity contribution in [2.24, 2.45) is 0 Å². The topological polar surface area (TPSA) is 43.1 Å². The lowest BCUT2D eigenvalue weighted by Crippen LogP contribution is -1.91. The molecule has 1 aromatic heterocycles. The third-order valence-electron chi connectivity index (χ3n) is 1.96. The van der Waals surface area contributed by atoms with E-state index in [0.717, 1.165) is 4.47 Å². The maximum Gasteiger partial charge on any atom is 0.192 e. The van der Waals surface area contributed by atoms with E-state index < -0.39 is 0 Å². The van der Waals surface area contributed by atoms with Crippen LogP contribution in [0.15, 0.2) is 21.0 Å². The predicted octanol–water partition coefficient (Wildman–Crippen LogP) is 3.10. The van der Waals surface area contributed by atoms with Crippen molar-refractivity contribution in [2.45, 2.75) is 13.8 Å². The molecule has 14 heavy (non-hydrogen) atoms. The Bertz CT molecular complexity index is 516. The number of aryl methyl sites for hydroxylation is 1. The SMILES string of the molecule is CC(=O)c1cc(Br)c2oc(C)nc2c1. The Hall–Kier alpha value is -1.16. The van der Waals surface area contributed by atoms with Crippen LogP contribution < -0.4 is 0 Å². The van der Waals surface area contributed by atoms with Crippen LogP contribution >= 0.6 is 15.9 Å². The van der Waals surface area contributed by atoms with Crippen molar-refractivity contribution in [3.05, 3.63) is 28.1 Å². The number of carbonyl (C=O) groups excluding carboxylic acids is 1. The number of rotatable bonds is 1. The summed E-state index contributed by atoms with van der Waals surface area (Å²) >= 11 is 3.34. The van der Waals surface area contributed by atoms with Gasteiger partial charge in [-0.2, -0.15) is 0 Å². The van der Waals surface area contributed by atoms with Crippen molar-refractivity contribution in [2.75, 3.05) is 0 Å². The van der Waals surface area contributed by atoms with E-state index in [-0.39, 0.29) is 5.78 Å². The smallest absolute Gasteiger partial charge is 0.192 e. The predicted molar refractivity (Wildman–Crippen MR) is 56.5 cm³/mol. The van der Waals surface area contributed by atoms with Gasteiger partial charge in [-0.05, 0) is 35.0 Å². The van der Waals surface area contributed by atoms with Crippen LogP contribution in [0, 0.1) is 6.92 Å². The molecule has 2 rings (SSSR count). The van der Waals surface area contributed by atoms with E-state index in [9.17, 15) is 4.79 Å². The molecule has 0 unspecified atom stereocenters. The molecule has 0 radical (unpaired) electrons. The van der Waals surface area contributed by atoms with Gasteiger partial charge in [-0.1, -0.05) is 0 Å². The van der Waals surface area contributed by atoms with Crippen LogP contribution in [-0.4, -0.2) is 10.8 Å². The second kappa shape index (κ2) is 3.20. The highest BCUT2D eigenvalue weighted by atomic mass is 79.9. The number of Topliss-reactive ketones (excluding diaryl/α,β-unsaturated/α-hetero) is 1. The maximum atomic E-state index is 11.2. The molecule has 0 bridgehead atoms. The summed E-state index contributed by atoms with van der Waals surface area (Å²) in [6.45, 7) is 3.31. The third kappa shape index (κ3) is 1.46. The Morgan fingerprint density at radius 2 is 2.21 bits per heavy atom. The van der Waals surface area contributed by atoms with Crippen LogP contribution in [0.5, 0.6) is 0 Å². The Morgan fingerprint density at radius 1 is 1.50 bits per heavy atom. The second-order valence-corrected chi connectivity index (χ2v) is 3.95. The summed E-state index contributed by atoms with van der Waals surface area (Å²) in [7, 11) is 0. The zero-order chi connectivity index (χ0) is 10.3. The van der Waals surface area contributed by atoms with Gasteiger partial charge in [0.2, 0.25) is 0 Å². The molecule has 0 amide bonds. The molecule has 0 aliphatic carbocycles. The molecule has 2 aromatic rings. The average Bonchev–Trinajstić information content (AvgIpc) is 2.45. The van der Waals surface area contributed by atoms with Crippen LogP contribution in [-0.2, 0) is 0 Å². The van der Waals surface area contributed by atoms with Crippen molar-refractivity contribution >= 4 is 32.8 Å². The summed E-state index contributed by atoms with van der Waals surface area (Å²) in [5.74, 6) is 0.620. The summed E-state index contributed by atoms with van der Waals surface area (Å²) < 4.78 is 6.13. The fourth-order valence-corrected chi connectivity index (χ4v) is 1.84. The Labute approximate surface area is 89.3 Å². The minimum atomic E-state index is 0.0215. The molecule has 0 fully saturated rings. The lowest BCUT2D eigenvalue weighted by Gasteiger charge is -1.96. The van der Waals surface area contributed by atoms with Gasteiger partial charge >= 0.3 is 0 Å². The first kappa shape index (κ1) is 9.40. The highest BCUT2D eigenvalue weighted by Gasteiger charge is 2.10. The van der Waals surface area contributed by atoms with Gasteiger partial charge in [0, 0.05) is 12.5 Å². The van der Waals surface area contributed by atoms with Gasteiger partial charge in [0.05, 0.1) is 4.47 Å². The quantitative estimate of drug-likeness (QED) is 0.734. The summed E-state index contributed by atoms with van der Waals surface area (Å²) in [6, 6.07) is 3.48. The Kier molecular flexibility index (Phi) is 2.15. The van der Waals surface area contributed by atoms with Crippen LogP contribution in [0.3, 0.4) is 0 Å². The van der Waals surface area contributed by atoms with E-state index in [1.54, 1.807) is 19.1 Å². The van der Waals surface area contributed by atoms with Gasteiger partial charge in [-0.25, -0.2) is 4.98 Å². The molecule has 0 aliphatic heterocycles. The van der Waals surface area contributed by atoms with Gasteiger partial charge in [0.1, 0.15) is 5.52 Å². The summed E-state index contributed by atoms with van der Waals surface area (Å²) in [5.41, 5.74) is 2.03. The van der Waals surface area contributed by atoms with Crippen molar-refractivity contribution < 1.29 is 9.21 Å². The summed E-state index contributed by atoms with van der Waals surface area (Å²) in [4.78, 5) is 15.3. The minimum Gasteiger partial charge on any atom is -0.440 e. The zero-order valence-corrected chi connectivity index (χ0v) is 9.38. The molecule has 1 aromatic carbocycles. The minimum absolute atomic E-state index is 0.0215. The van der Waals surface area contributed by atoms with Gasteiger partial charge in [-0.15, -0.1) is 0 Å². The first-order valence-corrected chi connectivity index (χ1v) is 4.95. The number of halogens is 1. The molecular weight excluding hydrogens is 246 g/mol. The fourth-order valence-electron chi connectivity index (χ4n) is 1.31. The van der Waals surface area contributed by atoms with Gasteiger partial charge in [0.25, 0.3) is 0 Å². The van der Waals surface area contributed by atoms with E-state index in [1.807, 2.05) is 0 Å². The third-order valence-corrected chi connectivity index (χ3v) is 2.55. The van der Waals surface area contributed by atoms with E-state index >= 15 is 0 Å². The van der Waals surface area contributed by atoms with E-state index in [4.69, 9.17) is 4.42 Å². The van der Waals surface area contributed by atoms with Crippen molar-refractivity contribution in [3.63, 3.8) is 0 Å². The average molecular weight is 254 g/mol. The largest absolute Gasteiger partial charge is 0.440 e. The molecule has 0 N–H and O–H groups in total.